The number of aromatic nitrogens is 2. The molecule has 0 unspecified atom stereocenters. The van der Waals surface area contributed by atoms with Crippen LogP contribution in [0.3, 0.4) is 0 Å². The Kier molecular flexibility index (Phi) is 4.02. The minimum Gasteiger partial charge on any atom is -0.255 e. The Balaban J connectivity index is 2.35. The second-order valence-corrected chi connectivity index (χ2v) is 4.08. The van der Waals surface area contributed by atoms with E-state index in [1.807, 2.05) is 36.7 Å². The lowest BCUT2D eigenvalue weighted by Gasteiger charge is -2.04. The molecule has 0 atom stereocenters. The fourth-order valence-electron chi connectivity index (χ4n) is 1.82. The Morgan fingerprint density at radius 1 is 0.833 bits per heavy atom. The first-order valence-electron chi connectivity index (χ1n) is 5.95. The zero-order valence-electron chi connectivity index (χ0n) is 10.3. The fourth-order valence-corrected chi connectivity index (χ4v) is 1.82. The van der Waals surface area contributed by atoms with Gasteiger partial charge in [-0.3, -0.25) is 9.97 Å². The molecule has 0 aliphatic rings. The van der Waals surface area contributed by atoms with E-state index < -0.39 is 0 Å². The molecule has 2 aromatic heterocycles. The van der Waals surface area contributed by atoms with Crippen molar-refractivity contribution in [2.75, 3.05) is 0 Å². The molecule has 0 radical (unpaired) electrons. The highest BCUT2D eigenvalue weighted by Gasteiger charge is 2.02. The topological polar surface area (TPSA) is 25.8 Å². The van der Waals surface area contributed by atoms with Crippen molar-refractivity contribution in [3.63, 3.8) is 0 Å². The van der Waals surface area contributed by atoms with Gasteiger partial charge in [0.1, 0.15) is 0 Å². The third-order valence-electron chi connectivity index (χ3n) is 2.67. The van der Waals surface area contributed by atoms with Gasteiger partial charge in [-0.15, -0.1) is 13.2 Å². The Morgan fingerprint density at radius 2 is 1.28 bits per heavy atom. The summed E-state index contributed by atoms with van der Waals surface area (Å²) in [6, 6.07) is 8.11. The molecule has 2 aromatic rings. The third kappa shape index (κ3) is 2.92. The first-order chi connectivity index (χ1) is 8.83. The second-order valence-electron chi connectivity index (χ2n) is 4.08. The van der Waals surface area contributed by atoms with E-state index in [0.29, 0.717) is 0 Å². The lowest BCUT2D eigenvalue weighted by molar-refractivity contribution is 1.17. The molecule has 0 aromatic carbocycles. The maximum Gasteiger partial charge on any atom is 0.0889 e. The van der Waals surface area contributed by atoms with E-state index >= 15 is 0 Å². The lowest BCUT2D eigenvalue weighted by Crippen LogP contribution is -1.91. The minimum atomic E-state index is 0.849. The van der Waals surface area contributed by atoms with Gasteiger partial charge >= 0.3 is 0 Å². The standard InChI is InChI=1S/C16H16N2/c1-3-5-13-7-9-17-15(11-13)16-12-14(6-4-2)8-10-18-16/h3-4,7-12H,1-2,5-6H2. The van der Waals surface area contributed by atoms with Gasteiger partial charge in [-0.2, -0.15) is 0 Å². The molecule has 0 amide bonds. The van der Waals surface area contributed by atoms with E-state index in [2.05, 4.69) is 35.3 Å². The zero-order valence-corrected chi connectivity index (χ0v) is 10.3. The number of hydrogen-bond acceptors (Lipinski definition) is 2. The highest BCUT2D eigenvalue weighted by molar-refractivity contribution is 5.55. The molecule has 0 saturated carbocycles. The van der Waals surface area contributed by atoms with Crippen molar-refractivity contribution in [1.82, 2.24) is 9.97 Å². The van der Waals surface area contributed by atoms with Crippen LogP contribution in [0.1, 0.15) is 11.1 Å². The Hall–Kier alpha value is -2.22. The molecule has 90 valence electrons. The largest absolute Gasteiger partial charge is 0.255 e. The third-order valence-corrected chi connectivity index (χ3v) is 2.67. The van der Waals surface area contributed by atoms with E-state index in [1.54, 1.807) is 0 Å². The number of allylic oxidation sites excluding steroid dienone is 2. The van der Waals surface area contributed by atoms with Crippen LogP contribution in [0.4, 0.5) is 0 Å². The molecule has 2 rings (SSSR count). The molecule has 0 saturated heterocycles. The van der Waals surface area contributed by atoms with Crippen LogP contribution in [0, 0.1) is 0 Å². The van der Waals surface area contributed by atoms with Gasteiger partial charge in [0.25, 0.3) is 0 Å². The lowest BCUT2D eigenvalue weighted by atomic mass is 10.1. The summed E-state index contributed by atoms with van der Waals surface area (Å²) < 4.78 is 0. The number of rotatable bonds is 5. The predicted octanol–water partition coefficient (Wildman–Crippen LogP) is 3.60. The quantitative estimate of drug-likeness (QED) is 0.741. The predicted molar refractivity (Wildman–Crippen MR) is 75.3 cm³/mol. The molecule has 2 nitrogen and oxygen atoms in total. The van der Waals surface area contributed by atoms with Gasteiger partial charge in [-0.25, -0.2) is 0 Å². The molecule has 0 spiro atoms. The van der Waals surface area contributed by atoms with Crippen molar-refractivity contribution in [2.45, 2.75) is 12.8 Å². The molecule has 2 heteroatoms. The van der Waals surface area contributed by atoms with Crippen molar-refractivity contribution in [3.8, 4) is 11.4 Å². The molecule has 18 heavy (non-hydrogen) atoms. The number of nitrogens with zero attached hydrogens (tertiary/aromatic N) is 2. The van der Waals surface area contributed by atoms with Gasteiger partial charge in [0.05, 0.1) is 11.4 Å². The SMILES string of the molecule is C=CCc1ccnc(-c2cc(CC=C)ccn2)c1. The molecular weight excluding hydrogens is 220 g/mol. The summed E-state index contributed by atoms with van der Waals surface area (Å²) >= 11 is 0. The van der Waals surface area contributed by atoms with Crippen LogP contribution in [-0.2, 0) is 12.8 Å². The van der Waals surface area contributed by atoms with Crippen molar-refractivity contribution < 1.29 is 0 Å². The van der Waals surface area contributed by atoms with Crippen LogP contribution in [-0.4, -0.2) is 9.97 Å². The summed E-state index contributed by atoms with van der Waals surface area (Å²) in [6.07, 6.45) is 9.11. The highest BCUT2D eigenvalue weighted by atomic mass is 14.8. The summed E-state index contributed by atoms with van der Waals surface area (Å²) in [5.41, 5.74) is 4.21. The van der Waals surface area contributed by atoms with Crippen LogP contribution >= 0.6 is 0 Å². The van der Waals surface area contributed by atoms with E-state index in [4.69, 9.17) is 0 Å². The van der Waals surface area contributed by atoms with Crippen molar-refractivity contribution in [3.05, 3.63) is 73.1 Å². The number of pyridine rings is 2. The van der Waals surface area contributed by atoms with E-state index in [9.17, 15) is 0 Å². The van der Waals surface area contributed by atoms with Crippen molar-refractivity contribution in [2.24, 2.45) is 0 Å². The first kappa shape index (κ1) is 12.2. The molecular formula is C16H16N2. The molecule has 0 aliphatic carbocycles. The zero-order chi connectivity index (χ0) is 12.8. The fraction of sp³-hybridized carbons (Fsp3) is 0.125. The van der Waals surface area contributed by atoms with Gasteiger partial charge in [-0.05, 0) is 48.2 Å². The summed E-state index contributed by atoms with van der Waals surface area (Å²) in [7, 11) is 0. The van der Waals surface area contributed by atoms with Crippen molar-refractivity contribution in [1.29, 1.82) is 0 Å². The maximum absolute atomic E-state index is 4.37. The normalized spacial score (nSPS) is 10.0. The van der Waals surface area contributed by atoms with Crippen LogP contribution in [0.15, 0.2) is 62.0 Å². The van der Waals surface area contributed by atoms with Crippen LogP contribution in [0.2, 0.25) is 0 Å². The number of hydrogen-bond donors (Lipinski definition) is 0. The summed E-state index contributed by atoms with van der Waals surface area (Å²) in [5.74, 6) is 0. The van der Waals surface area contributed by atoms with E-state index in [-0.39, 0.29) is 0 Å². The van der Waals surface area contributed by atoms with E-state index in [0.717, 1.165) is 24.2 Å². The Morgan fingerprint density at radius 3 is 1.67 bits per heavy atom. The average Bonchev–Trinajstić information content (AvgIpc) is 2.40. The van der Waals surface area contributed by atoms with Gasteiger partial charge < -0.3 is 0 Å². The van der Waals surface area contributed by atoms with Gasteiger partial charge in [0, 0.05) is 12.4 Å². The Bertz CT molecular complexity index is 507. The van der Waals surface area contributed by atoms with E-state index in [1.165, 1.54) is 11.1 Å². The van der Waals surface area contributed by atoms with Gasteiger partial charge in [0.2, 0.25) is 0 Å². The summed E-state index contributed by atoms with van der Waals surface area (Å²) in [4.78, 5) is 8.74. The first-order valence-corrected chi connectivity index (χ1v) is 5.95. The van der Waals surface area contributed by atoms with Crippen LogP contribution in [0.25, 0.3) is 11.4 Å². The molecule has 2 heterocycles. The second kappa shape index (κ2) is 5.92. The molecule has 0 fully saturated rings. The average molecular weight is 236 g/mol. The summed E-state index contributed by atoms with van der Waals surface area (Å²) in [5, 5.41) is 0. The van der Waals surface area contributed by atoms with Crippen LogP contribution < -0.4 is 0 Å². The minimum absolute atomic E-state index is 0.849. The maximum atomic E-state index is 4.37. The van der Waals surface area contributed by atoms with Crippen LogP contribution in [0.5, 0.6) is 0 Å². The highest BCUT2D eigenvalue weighted by Crippen LogP contribution is 2.17. The Labute approximate surface area is 108 Å². The van der Waals surface area contributed by atoms with Gasteiger partial charge in [-0.1, -0.05) is 12.2 Å². The smallest absolute Gasteiger partial charge is 0.0889 e. The molecule has 0 aliphatic heterocycles. The molecule has 0 bridgehead atoms. The van der Waals surface area contributed by atoms with Gasteiger partial charge in [0.15, 0.2) is 0 Å². The monoisotopic (exact) mass is 236 g/mol. The van der Waals surface area contributed by atoms with Crippen molar-refractivity contribution >= 4 is 0 Å². The summed E-state index contributed by atoms with van der Waals surface area (Å²) in [6.45, 7) is 7.50. The molecule has 0 N–H and O–H groups in total.